The number of carbonyl (C=O) groups is 1. The molecular formula is C14H21N5O. The maximum absolute atomic E-state index is 11.4. The molecule has 0 atom stereocenters. The van der Waals surface area contributed by atoms with E-state index in [9.17, 15) is 4.79 Å². The summed E-state index contributed by atoms with van der Waals surface area (Å²) >= 11 is 0. The molecule has 0 fully saturated rings. The van der Waals surface area contributed by atoms with Crippen molar-refractivity contribution in [1.29, 1.82) is 0 Å². The number of aryl methyl sites for hydroxylation is 2. The number of carbonyl (C=O) groups excluding carboxylic acids is 1. The van der Waals surface area contributed by atoms with E-state index in [0.29, 0.717) is 6.54 Å². The van der Waals surface area contributed by atoms with E-state index >= 15 is 0 Å². The van der Waals surface area contributed by atoms with E-state index in [-0.39, 0.29) is 12.1 Å². The first kappa shape index (κ1) is 14.3. The van der Waals surface area contributed by atoms with E-state index in [1.165, 1.54) is 0 Å². The number of urea groups is 1. The van der Waals surface area contributed by atoms with Gasteiger partial charge < -0.3 is 15.2 Å². The molecule has 2 amide bonds. The van der Waals surface area contributed by atoms with Gasteiger partial charge in [0.15, 0.2) is 5.65 Å². The molecule has 0 saturated heterocycles. The Morgan fingerprint density at radius 3 is 3.00 bits per heavy atom. The summed E-state index contributed by atoms with van der Waals surface area (Å²) in [4.78, 5) is 20.3. The number of pyridine rings is 1. The minimum Gasteiger partial charge on any atom is -0.338 e. The molecule has 108 valence electrons. The standard InChI is InChI=1S/C14H21N5O/c1-10(2)17-14(20)16-8-5-9-19-11(3)18-12-6-4-7-15-13(12)19/h4,6-7,10H,5,8-9H2,1-3H3,(H2,16,17,20). The van der Waals surface area contributed by atoms with E-state index in [1.54, 1.807) is 6.20 Å². The average Bonchev–Trinajstić information content (AvgIpc) is 2.70. The number of aromatic nitrogens is 3. The Balaban J connectivity index is 1.87. The summed E-state index contributed by atoms with van der Waals surface area (Å²) in [6.07, 6.45) is 2.61. The molecular weight excluding hydrogens is 254 g/mol. The molecule has 2 rings (SSSR count). The van der Waals surface area contributed by atoms with Crippen molar-refractivity contribution < 1.29 is 4.79 Å². The molecule has 2 heterocycles. The molecule has 0 aromatic carbocycles. The maximum Gasteiger partial charge on any atom is 0.314 e. The van der Waals surface area contributed by atoms with Crippen LogP contribution in [0.15, 0.2) is 18.3 Å². The summed E-state index contributed by atoms with van der Waals surface area (Å²) < 4.78 is 2.08. The van der Waals surface area contributed by atoms with Crippen molar-refractivity contribution in [3.8, 4) is 0 Å². The second-order valence-electron chi connectivity index (χ2n) is 5.07. The van der Waals surface area contributed by atoms with Crippen molar-refractivity contribution in [2.45, 2.75) is 39.8 Å². The third kappa shape index (κ3) is 3.46. The third-order valence-corrected chi connectivity index (χ3v) is 2.96. The fourth-order valence-corrected chi connectivity index (χ4v) is 2.09. The number of hydrogen-bond acceptors (Lipinski definition) is 3. The molecule has 2 aromatic rings. The highest BCUT2D eigenvalue weighted by atomic mass is 16.2. The highest BCUT2D eigenvalue weighted by Gasteiger charge is 2.07. The molecule has 0 radical (unpaired) electrons. The predicted molar refractivity (Wildman–Crippen MR) is 78.6 cm³/mol. The quantitative estimate of drug-likeness (QED) is 0.818. The second kappa shape index (κ2) is 6.36. The lowest BCUT2D eigenvalue weighted by atomic mass is 10.4. The molecule has 6 nitrogen and oxygen atoms in total. The zero-order valence-electron chi connectivity index (χ0n) is 12.2. The summed E-state index contributed by atoms with van der Waals surface area (Å²) in [5, 5.41) is 5.64. The summed E-state index contributed by atoms with van der Waals surface area (Å²) in [5.41, 5.74) is 1.81. The highest BCUT2D eigenvalue weighted by Crippen LogP contribution is 2.12. The van der Waals surface area contributed by atoms with Gasteiger partial charge in [-0.2, -0.15) is 0 Å². The molecule has 20 heavy (non-hydrogen) atoms. The summed E-state index contributed by atoms with van der Waals surface area (Å²) in [6.45, 7) is 7.27. The number of fused-ring (bicyclic) bond motifs is 1. The van der Waals surface area contributed by atoms with E-state index < -0.39 is 0 Å². The van der Waals surface area contributed by atoms with Crippen LogP contribution in [0.25, 0.3) is 11.2 Å². The van der Waals surface area contributed by atoms with Crippen molar-refractivity contribution in [1.82, 2.24) is 25.2 Å². The average molecular weight is 275 g/mol. The molecule has 0 aliphatic heterocycles. The van der Waals surface area contributed by atoms with E-state index in [1.807, 2.05) is 32.9 Å². The number of amides is 2. The van der Waals surface area contributed by atoms with Gasteiger partial charge in [-0.15, -0.1) is 0 Å². The van der Waals surface area contributed by atoms with Crippen molar-refractivity contribution in [3.63, 3.8) is 0 Å². The number of nitrogens with one attached hydrogen (secondary N) is 2. The van der Waals surface area contributed by atoms with Gasteiger partial charge in [0.05, 0.1) is 0 Å². The Morgan fingerprint density at radius 2 is 2.25 bits per heavy atom. The monoisotopic (exact) mass is 275 g/mol. The van der Waals surface area contributed by atoms with Crippen molar-refractivity contribution in [3.05, 3.63) is 24.2 Å². The van der Waals surface area contributed by atoms with Crippen LogP contribution in [-0.2, 0) is 6.54 Å². The summed E-state index contributed by atoms with van der Waals surface area (Å²) in [5.74, 6) is 0.949. The van der Waals surface area contributed by atoms with Crippen molar-refractivity contribution in [2.24, 2.45) is 0 Å². The largest absolute Gasteiger partial charge is 0.338 e. The maximum atomic E-state index is 11.4. The van der Waals surface area contributed by atoms with Gasteiger partial charge >= 0.3 is 6.03 Å². The Bertz CT molecular complexity index is 590. The van der Waals surface area contributed by atoms with Gasteiger partial charge in [-0.3, -0.25) is 0 Å². The van der Waals surface area contributed by atoms with E-state index in [4.69, 9.17) is 0 Å². The topological polar surface area (TPSA) is 71.8 Å². The normalized spacial score (nSPS) is 11.0. The molecule has 0 saturated carbocycles. The minimum atomic E-state index is -0.120. The van der Waals surface area contributed by atoms with Crippen LogP contribution < -0.4 is 10.6 Å². The third-order valence-electron chi connectivity index (χ3n) is 2.96. The van der Waals surface area contributed by atoms with Crippen LogP contribution in [0, 0.1) is 6.92 Å². The van der Waals surface area contributed by atoms with Gasteiger partial charge in [0.1, 0.15) is 11.3 Å². The summed E-state index contributed by atoms with van der Waals surface area (Å²) in [6, 6.07) is 3.88. The molecule has 6 heteroatoms. The van der Waals surface area contributed by atoms with Crippen molar-refractivity contribution >= 4 is 17.2 Å². The molecule has 0 aliphatic rings. The minimum absolute atomic E-state index is 0.120. The van der Waals surface area contributed by atoms with E-state index in [2.05, 4.69) is 25.2 Å². The molecule has 2 N–H and O–H groups in total. The van der Waals surface area contributed by atoms with Gasteiger partial charge in [0.25, 0.3) is 0 Å². The lowest BCUT2D eigenvalue weighted by Gasteiger charge is -2.10. The SMILES string of the molecule is Cc1nc2cccnc2n1CCCNC(=O)NC(C)C. The smallest absolute Gasteiger partial charge is 0.314 e. The van der Waals surface area contributed by atoms with Crippen LogP contribution in [0.3, 0.4) is 0 Å². The number of nitrogens with zero attached hydrogens (tertiary/aromatic N) is 3. The van der Waals surface area contributed by atoms with Crippen LogP contribution in [0.1, 0.15) is 26.1 Å². The van der Waals surface area contributed by atoms with Gasteiger partial charge in [-0.1, -0.05) is 0 Å². The van der Waals surface area contributed by atoms with Crippen LogP contribution in [-0.4, -0.2) is 33.2 Å². The second-order valence-corrected chi connectivity index (χ2v) is 5.07. The van der Waals surface area contributed by atoms with Crippen LogP contribution in [0.4, 0.5) is 4.79 Å². The lowest BCUT2D eigenvalue weighted by Crippen LogP contribution is -2.40. The fraction of sp³-hybridized carbons (Fsp3) is 0.500. The molecule has 0 bridgehead atoms. The summed E-state index contributed by atoms with van der Waals surface area (Å²) in [7, 11) is 0. The zero-order valence-corrected chi connectivity index (χ0v) is 12.2. The Kier molecular flexibility index (Phi) is 4.55. The van der Waals surface area contributed by atoms with Gasteiger partial charge in [0, 0.05) is 25.3 Å². The Hall–Kier alpha value is -2.11. The first-order valence-corrected chi connectivity index (χ1v) is 6.90. The number of rotatable bonds is 5. The zero-order chi connectivity index (χ0) is 14.5. The Labute approximate surface area is 118 Å². The Morgan fingerprint density at radius 1 is 1.45 bits per heavy atom. The first-order chi connectivity index (χ1) is 9.58. The number of hydrogen-bond donors (Lipinski definition) is 2. The number of imidazole rings is 1. The van der Waals surface area contributed by atoms with Crippen LogP contribution in [0.5, 0.6) is 0 Å². The molecule has 0 aliphatic carbocycles. The van der Waals surface area contributed by atoms with E-state index in [0.717, 1.165) is 30.0 Å². The molecule has 0 spiro atoms. The highest BCUT2D eigenvalue weighted by molar-refractivity contribution is 5.74. The fourth-order valence-electron chi connectivity index (χ4n) is 2.09. The van der Waals surface area contributed by atoms with Crippen molar-refractivity contribution in [2.75, 3.05) is 6.54 Å². The van der Waals surface area contributed by atoms with Crippen LogP contribution >= 0.6 is 0 Å². The van der Waals surface area contributed by atoms with Gasteiger partial charge in [0.2, 0.25) is 0 Å². The predicted octanol–water partition coefficient (Wildman–Crippen LogP) is 1.84. The van der Waals surface area contributed by atoms with Gasteiger partial charge in [-0.05, 0) is 39.3 Å². The van der Waals surface area contributed by atoms with Crippen LogP contribution in [0.2, 0.25) is 0 Å². The molecule has 2 aromatic heterocycles. The molecule has 0 unspecified atom stereocenters. The lowest BCUT2D eigenvalue weighted by molar-refractivity contribution is 0.238. The van der Waals surface area contributed by atoms with Gasteiger partial charge in [-0.25, -0.2) is 14.8 Å². The first-order valence-electron chi connectivity index (χ1n) is 6.90.